The predicted molar refractivity (Wildman–Crippen MR) is 236 cm³/mol. The highest BCUT2D eigenvalue weighted by atomic mass is 32.2. The standard InChI is InChI=1S/C52H58O4S/c1-46(2,3)52(47(4,5)6)55-41-27-38-39(28-42(41)57-52)45-37(44-43(38)36-15-13-14-16-40(36)50(44)30-48(7,8)29-49(9,10)31-50)25-26-51(56-45,32-17-21-34(53-11)22-18-32)33-19-23-35(54-12)24-20-33/h13-28H,29-31H2,1-12H3. The van der Waals surface area contributed by atoms with Gasteiger partial charge in [0.2, 0.25) is 0 Å². The molecular weight excluding hydrogens is 721 g/mol. The molecule has 0 radical (unpaired) electrons. The molecule has 0 saturated heterocycles. The number of benzene rings is 5. The molecule has 0 atom stereocenters. The molecule has 2 aliphatic carbocycles. The zero-order valence-electron chi connectivity index (χ0n) is 35.9. The van der Waals surface area contributed by atoms with E-state index in [-0.39, 0.29) is 27.1 Å². The van der Waals surface area contributed by atoms with Gasteiger partial charge in [-0.25, -0.2) is 0 Å². The molecular formula is C52H58O4S. The maximum atomic E-state index is 7.84. The monoisotopic (exact) mass is 778 g/mol. The van der Waals surface area contributed by atoms with E-state index >= 15 is 0 Å². The van der Waals surface area contributed by atoms with Crippen LogP contribution in [0.1, 0.15) is 116 Å². The lowest BCUT2D eigenvalue weighted by molar-refractivity contribution is -0.0296. The fourth-order valence-corrected chi connectivity index (χ4v) is 13.5. The SMILES string of the molecule is COc1ccc(C2(c3ccc(OC)cc3)C=Cc3c4c(c5cc6c(cc5c3O2)SC(C(C)(C)C)(C(C)(C)C)O6)-c2ccccc2C42CC(C)(C)CC(C)(C)C2)cc1. The second-order valence-corrected chi connectivity index (χ2v) is 22.0. The van der Waals surface area contributed by atoms with Gasteiger partial charge >= 0.3 is 0 Å². The van der Waals surface area contributed by atoms with Crippen LogP contribution in [-0.2, 0) is 11.0 Å². The predicted octanol–water partition coefficient (Wildman–Crippen LogP) is 14.0. The van der Waals surface area contributed by atoms with Gasteiger partial charge in [-0.2, -0.15) is 0 Å². The van der Waals surface area contributed by atoms with Crippen LogP contribution >= 0.6 is 11.8 Å². The van der Waals surface area contributed by atoms with Crippen molar-refractivity contribution in [3.63, 3.8) is 0 Å². The van der Waals surface area contributed by atoms with Crippen LogP contribution < -0.4 is 18.9 Å². The van der Waals surface area contributed by atoms with Crippen molar-refractivity contribution in [2.45, 2.75) is 109 Å². The maximum Gasteiger partial charge on any atom is 0.178 e. The van der Waals surface area contributed by atoms with E-state index in [0.29, 0.717) is 0 Å². The van der Waals surface area contributed by atoms with Gasteiger partial charge in [-0.15, -0.1) is 0 Å². The summed E-state index contributed by atoms with van der Waals surface area (Å²) < 4.78 is 26.4. The minimum atomic E-state index is -0.917. The second-order valence-electron chi connectivity index (χ2n) is 20.8. The molecule has 57 heavy (non-hydrogen) atoms. The highest BCUT2D eigenvalue weighted by Gasteiger charge is 2.59. The van der Waals surface area contributed by atoms with Crippen LogP contribution in [0.25, 0.3) is 28.0 Å². The topological polar surface area (TPSA) is 36.9 Å². The van der Waals surface area contributed by atoms with Crippen LogP contribution in [0.4, 0.5) is 0 Å². The van der Waals surface area contributed by atoms with Gasteiger partial charge in [-0.3, -0.25) is 0 Å². The number of fused-ring (bicyclic) bond motifs is 11. The van der Waals surface area contributed by atoms with Crippen molar-refractivity contribution in [3.05, 3.63) is 119 Å². The summed E-state index contributed by atoms with van der Waals surface area (Å²) in [5, 5.41) is 2.31. The average molecular weight is 779 g/mol. The maximum absolute atomic E-state index is 7.84. The molecule has 1 fully saturated rings. The molecule has 5 aromatic carbocycles. The second kappa shape index (κ2) is 12.3. The Bertz CT molecular complexity index is 2380. The molecule has 0 aromatic heterocycles. The van der Waals surface area contributed by atoms with Crippen LogP contribution in [0.3, 0.4) is 0 Å². The van der Waals surface area contributed by atoms with Crippen LogP contribution in [-0.4, -0.2) is 19.2 Å². The van der Waals surface area contributed by atoms with E-state index in [9.17, 15) is 0 Å². The first-order chi connectivity index (χ1) is 26.8. The minimum Gasteiger partial charge on any atom is -0.497 e. The molecule has 0 bridgehead atoms. The molecule has 2 heterocycles. The number of hydrogen-bond donors (Lipinski definition) is 0. The average Bonchev–Trinajstić information content (AvgIpc) is 3.67. The van der Waals surface area contributed by atoms with Gasteiger partial charge in [0.05, 0.1) is 19.1 Å². The van der Waals surface area contributed by atoms with Crippen molar-refractivity contribution < 1.29 is 18.9 Å². The number of thioether (sulfide) groups is 1. The highest BCUT2D eigenvalue weighted by Crippen LogP contribution is 2.69. The summed E-state index contributed by atoms with van der Waals surface area (Å²) in [6.07, 6.45) is 8.01. The van der Waals surface area contributed by atoms with E-state index in [2.05, 4.69) is 142 Å². The normalized spacial score (nSPS) is 20.2. The first-order valence-corrected chi connectivity index (χ1v) is 21.4. The van der Waals surface area contributed by atoms with Gasteiger partial charge in [-0.05, 0) is 100 Å². The molecule has 4 aliphatic rings. The highest BCUT2D eigenvalue weighted by molar-refractivity contribution is 8.01. The number of hydrogen-bond acceptors (Lipinski definition) is 5. The summed E-state index contributed by atoms with van der Waals surface area (Å²) in [7, 11) is 3.42. The zero-order valence-corrected chi connectivity index (χ0v) is 36.7. The summed E-state index contributed by atoms with van der Waals surface area (Å²) in [6, 6.07) is 30.7. The number of rotatable bonds is 4. The van der Waals surface area contributed by atoms with Gasteiger partial charge in [-0.1, -0.05) is 136 Å². The quantitative estimate of drug-likeness (QED) is 0.182. The van der Waals surface area contributed by atoms with Gasteiger partial charge in [0, 0.05) is 38.3 Å². The zero-order chi connectivity index (χ0) is 40.6. The van der Waals surface area contributed by atoms with Crippen molar-refractivity contribution in [1.82, 2.24) is 0 Å². The van der Waals surface area contributed by atoms with Crippen LogP contribution in [0, 0.1) is 21.7 Å². The van der Waals surface area contributed by atoms with E-state index in [1.807, 2.05) is 36.0 Å². The van der Waals surface area contributed by atoms with Crippen LogP contribution in [0.15, 0.2) is 95.9 Å². The lowest BCUT2D eigenvalue weighted by Crippen LogP contribution is -2.53. The van der Waals surface area contributed by atoms with Crippen molar-refractivity contribution in [1.29, 1.82) is 0 Å². The molecule has 0 amide bonds. The first kappa shape index (κ1) is 38.2. The Morgan fingerprint density at radius 1 is 0.649 bits per heavy atom. The van der Waals surface area contributed by atoms with Crippen molar-refractivity contribution in [2.24, 2.45) is 21.7 Å². The Kier molecular flexibility index (Phi) is 8.26. The Hall–Kier alpha value is -4.35. The Labute approximate surface area is 344 Å². The van der Waals surface area contributed by atoms with E-state index in [0.717, 1.165) is 57.2 Å². The summed E-state index contributed by atoms with van der Waals surface area (Å²) in [5.74, 6) is 3.51. The molecule has 2 aliphatic heterocycles. The molecule has 1 spiro atoms. The van der Waals surface area contributed by atoms with E-state index < -0.39 is 10.5 Å². The van der Waals surface area contributed by atoms with Crippen LogP contribution in [0.2, 0.25) is 0 Å². The van der Waals surface area contributed by atoms with Crippen molar-refractivity contribution in [2.75, 3.05) is 14.2 Å². The third-order valence-corrected chi connectivity index (χ3v) is 15.5. The Morgan fingerprint density at radius 3 is 1.75 bits per heavy atom. The van der Waals surface area contributed by atoms with Gasteiger partial charge in [0.25, 0.3) is 0 Å². The van der Waals surface area contributed by atoms with Gasteiger partial charge in [0.15, 0.2) is 10.5 Å². The number of methoxy groups -OCH3 is 2. The number of ether oxygens (including phenoxy) is 4. The Balaban J connectivity index is 1.39. The fourth-order valence-electron chi connectivity index (χ4n) is 12.0. The van der Waals surface area contributed by atoms with Crippen molar-refractivity contribution >= 4 is 28.6 Å². The molecule has 4 nitrogen and oxygen atoms in total. The molecule has 5 aromatic rings. The third-order valence-electron chi connectivity index (χ3n) is 13.3. The molecule has 0 N–H and O–H groups in total. The first-order valence-electron chi connectivity index (χ1n) is 20.6. The van der Waals surface area contributed by atoms with E-state index in [1.54, 1.807) is 14.2 Å². The summed E-state index contributed by atoms with van der Waals surface area (Å²) in [6.45, 7) is 23.8. The third kappa shape index (κ3) is 5.54. The Morgan fingerprint density at radius 2 is 1.21 bits per heavy atom. The molecule has 9 rings (SSSR count). The minimum absolute atomic E-state index is 0.129. The van der Waals surface area contributed by atoms with Crippen LogP contribution in [0.5, 0.6) is 23.0 Å². The van der Waals surface area contributed by atoms with E-state index in [1.165, 1.54) is 39.6 Å². The summed E-state index contributed by atoms with van der Waals surface area (Å²) in [5.41, 5.74) is 7.64. The van der Waals surface area contributed by atoms with Gasteiger partial charge < -0.3 is 18.9 Å². The van der Waals surface area contributed by atoms with Crippen molar-refractivity contribution in [3.8, 4) is 34.1 Å². The summed E-state index contributed by atoms with van der Waals surface area (Å²) in [4.78, 5) is 0.684. The lowest BCUT2D eigenvalue weighted by atomic mass is 9.52. The summed E-state index contributed by atoms with van der Waals surface area (Å²) >= 11 is 1.88. The molecule has 1 saturated carbocycles. The fraction of sp³-hybridized carbons (Fsp3) is 0.423. The van der Waals surface area contributed by atoms with E-state index in [4.69, 9.17) is 18.9 Å². The van der Waals surface area contributed by atoms with Gasteiger partial charge in [0.1, 0.15) is 23.0 Å². The smallest absolute Gasteiger partial charge is 0.178 e. The molecule has 5 heteroatoms. The molecule has 296 valence electrons. The molecule has 0 unspecified atom stereocenters. The lowest BCUT2D eigenvalue weighted by Gasteiger charge is -2.52. The largest absolute Gasteiger partial charge is 0.497 e.